The Morgan fingerprint density at radius 3 is 1.68 bits per heavy atom. The Morgan fingerprint density at radius 1 is 0.780 bits per heavy atom. The van der Waals surface area contributed by atoms with Crippen LogP contribution in [0.25, 0.3) is 0 Å². The van der Waals surface area contributed by atoms with Crippen LogP contribution in [0.3, 0.4) is 0 Å². The molecular weight excluding hydrogens is 790 g/mol. The van der Waals surface area contributed by atoms with Gasteiger partial charge in [0.2, 0.25) is 22.9 Å². The molecule has 3 heterocycles. The Labute approximate surface area is 345 Å². The van der Waals surface area contributed by atoms with Gasteiger partial charge in [0.25, 0.3) is 0 Å². The van der Waals surface area contributed by atoms with Crippen molar-refractivity contribution in [1.29, 1.82) is 0 Å². The number of amides is 2. The maximum absolute atomic E-state index is 11.8. The number of carbonyl (C=O) groups excluding carboxylic acids is 2. The molecule has 316 valence electrons. The van der Waals surface area contributed by atoms with E-state index in [1.54, 1.807) is 48.5 Å². The summed E-state index contributed by atoms with van der Waals surface area (Å²) in [5.41, 5.74) is 1.42. The van der Waals surface area contributed by atoms with Crippen LogP contribution in [-0.2, 0) is 27.4 Å². The molecule has 0 saturated carbocycles. The van der Waals surface area contributed by atoms with E-state index < -0.39 is 22.0 Å². The number of alkyl carbamates (subject to hydrolysis) is 2. The number of halogens is 1. The zero-order valence-electron chi connectivity index (χ0n) is 33.7. The fourth-order valence-electron chi connectivity index (χ4n) is 5.19. The molecule has 0 aliphatic carbocycles. The van der Waals surface area contributed by atoms with E-state index in [1.165, 1.54) is 6.20 Å². The Balaban J connectivity index is 0.000000268. The number of nitrogens with one attached hydrogen (secondary N) is 5. The summed E-state index contributed by atoms with van der Waals surface area (Å²) in [6.45, 7) is 14.0. The van der Waals surface area contributed by atoms with Gasteiger partial charge in [-0.1, -0.05) is 24.3 Å². The van der Waals surface area contributed by atoms with E-state index in [0.29, 0.717) is 23.9 Å². The van der Waals surface area contributed by atoms with Crippen LogP contribution < -0.4 is 26.6 Å². The predicted molar refractivity (Wildman–Crippen MR) is 220 cm³/mol. The smallest absolute Gasteiger partial charge is 0.407 e. The fourth-order valence-corrected chi connectivity index (χ4v) is 5.32. The van der Waals surface area contributed by atoms with Gasteiger partial charge >= 0.3 is 23.6 Å². The van der Waals surface area contributed by atoms with Gasteiger partial charge < -0.3 is 40.8 Å². The lowest BCUT2D eigenvalue weighted by atomic mass is 10.0. The SMILES string of the molecule is CC(C)(C)NC(=O)OCc1ccc(Nc2nc(Cl)ncc2[N+](=O)[O-])cc1.CC1CC(Nc2ncc([N+](=O)[O-])c(Nc3ccc(COC(=O)NC(C)(C)C)cc3)n2)CCO1. The van der Waals surface area contributed by atoms with Crippen molar-refractivity contribution < 1.29 is 33.6 Å². The summed E-state index contributed by atoms with van der Waals surface area (Å²) in [5.74, 6) is 0.395. The standard InChI is InChI=1S/C22H30N6O5.C16H18ClN5O4/c1-14-11-17(9-10-32-14)25-20-23-12-18(28(30)31)19(26-20)24-16-7-5-15(6-8-16)13-33-21(29)27-22(2,3)4;1-16(2,3)21-15(23)26-9-10-4-6-11(7-5-10)19-13-12(22(24)25)8-18-14(17)20-13/h5-8,12,14,17H,9-11,13H2,1-4H3,(H,27,29)(H2,23,24,25,26);4-8H,9H2,1-3H3,(H,21,23)(H,18,19,20). The zero-order chi connectivity index (χ0) is 43.3. The molecule has 1 fully saturated rings. The third kappa shape index (κ3) is 15.8. The van der Waals surface area contributed by atoms with Crippen molar-refractivity contribution in [2.75, 3.05) is 22.6 Å². The molecule has 0 bridgehead atoms. The van der Waals surface area contributed by atoms with Gasteiger partial charge in [-0.2, -0.15) is 9.97 Å². The lowest BCUT2D eigenvalue weighted by Gasteiger charge is -2.27. The van der Waals surface area contributed by atoms with E-state index >= 15 is 0 Å². The van der Waals surface area contributed by atoms with Gasteiger partial charge in [-0.05, 0) is 108 Å². The number of ether oxygens (including phenoxy) is 3. The van der Waals surface area contributed by atoms with Gasteiger partial charge in [-0.3, -0.25) is 20.2 Å². The van der Waals surface area contributed by atoms with Crippen molar-refractivity contribution in [2.24, 2.45) is 0 Å². The van der Waals surface area contributed by atoms with Crippen LogP contribution in [0.15, 0.2) is 60.9 Å². The Kier molecular flexibility index (Phi) is 15.6. The van der Waals surface area contributed by atoms with Gasteiger partial charge in [0.1, 0.15) is 25.6 Å². The van der Waals surface area contributed by atoms with Crippen LogP contribution in [0.5, 0.6) is 0 Å². The molecule has 5 rings (SSSR count). The van der Waals surface area contributed by atoms with Gasteiger partial charge in [0, 0.05) is 35.1 Å². The molecule has 0 spiro atoms. The number of anilines is 5. The largest absolute Gasteiger partial charge is 0.445 e. The summed E-state index contributed by atoms with van der Waals surface area (Å²) < 4.78 is 15.9. The summed E-state index contributed by atoms with van der Waals surface area (Å²) in [6, 6.07) is 13.9. The van der Waals surface area contributed by atoms with Crippen molar-refractivity contribution in [1.82, 2.24) is 30.6 Å². The minimum Gasteiger partial charge on any atom is -0.445 e. The molecule has 0 radical (unpaired) electrons. The highest BCUT2D eigenvalue weighted by Gasteiger charge is 2.23. The molecule has 2 aromatic carbocycles. The van der Waals surface area contributed by atoms with Gasteiger partial charge in [0.15, 0.2) is 0 Å². The van der Waals surface area contributed by atoms with Crippen LogP contribution in [0.4, 0.5) is 49.9 Å². The highest BCUT2D eigenvalue weighted by Crippen LogP contribution is 2.28. The van der Waals surface area contributed by atoms with Crippen molar-refractivity contribution in [3.8, 4) is 0 Å². The molecule has 5 N–H and O–H groups in total. The highest BCUT2D eigenvalue weighted by molar-refractivity contribution is 6.28. The fraction of sp³-hybridized carbons (Fsp3) is 0.421. The maximum Gasteiger partial charge on any atom is 0.407 e. The van der Waals surface area contributed by atoms with E-state index in [1.807, 2.05) is 48.5 Å². The van der Waals surface area contributed by atoms with Crippen LogP contribution in [0.1, 0.15) is 72.4 Å². The summed E-state index contributed by atoms with van der Waals surface area (Å²) >= 11 is 5.69. The topological polar surface area (TPSA) is 260 Å². The number of rotatable bonds is 12. The molecule has 21 heteroatoms. The first kappa shape index (κ1) is 45.3. The quantitative estimate of drug-likeness (QED) is 0.0515. The number of nitrogens with zero attached hydrogens (tertiary/aromatic N) is 6. The first-order valence-corrected chi connectivity index (χ1v) is 18.8. The Hall–Kier alpha value is -6.41. The van der Waals surface area contributed by atoms with E-state index in [0.717, 1.165) is 30.2 Å². The molecule has 2 unspecified atom stereocenters. The van der Waals surface area contributed by atoms with Crippen molar-refractivity contribution in [3.05, 3.63) is 97.6 Å². The second-order valence-corrected chi connectivity index (χ2v) is 15.7. The van der Waals surface area contributed by atoms with E-state index in [2.05, 4.69) is 46.5 Å². The van der Waals surface area contributed by atoms with Crippen molar-refractivity contribution in [3.63, 3.8) is 0 Å². The first-order valence-electron chi connectivity index (χ1n) is 18.4. The average molecular weight is 838 g/mol. The normalized spacial score (nSPS) is 15.1. The van der Waals surface area contributed by atoms with E-state index in [4.69, 9.17) is 25.8 Å². The zero-order valence-corrected chi connectivity index (χ0v) is 34.5. The lowest BCUT2D eigenvalue weighted by molar-refractivity contribution is -0.384. The summed E-state index contributed by atoms with van der Waals surface area (Å²) in [7, 11) is 0. The van der Waals surface area contributed by atoms with Crippen LogP contribution in [-0.4, -0.2) is 71.8 Å². The molecule has 59 heavy (non-hydrogen) atoms. The van der Waals surface area contributed by atoms with Crippen LogP contribution >= 0.6 is 11.6 Å². The van der Waals surface area contributed by atoms with Gasteiger partial charge in [0.05, 0.1) is 16.0 Å². The number of hydrogen-bond donors (Lipinski definition) is 5. The van der Waals surface area contributed by atoms with Crippen LogP contribution in [0, 0.1) is 20.2 Å². The number of nitro groups is 2. The second-order valence-electron chi connectivity index (χ2n) is 15.4. The summed E-state index contributed by atoms with van der Waals surface area (Å²) in [6.07, 6.45) is 2.97. The molecule has 4 aromatic rings. The molecule has 1 aliphatic rings. The third-order valence-corrected chi connectivity index (χ3v) is 8.03. The number of benzene rings is 2. The second kappa shape index (κ2) is 20.3. The minimum absolute atomic E-state index is 0.0106. The predicted octanol–water partition coefficient (Wildman–Crippen LogP) is 7.94. The molecule has 2 aromatic heterocycles. The Morgan fingerprint density at radius 2 is 1.24 bits per heavy atom. The minimum atomic E-state index is -0.602. The number of carbonyl (C=O) groups is 2. The molecule has 20 nitrogen and oxygen atoms in total. The molecular formula is C38H48ClN11O9. The van der Waals surface area contributed by atoms with Crippen LogP contribution in [0.2, 0.25) is 5.28 Å². The monoisotopic (exact) mass is 837 g/mol. The number of hydrogen-bond acceptors (Lipinski definition) is 16. The molecule has 2 amide bonds. The Bertz CT molecular complexity index is 2080. The summed E-state index contributed by atoms with van der Waals surface area (Å²) in [4.78, 5) is 60.6. The van der Waals surface area contributed by atoms with E-state index in [-0.39, 0.29) is 64.7 Å². The maximum atomic E-state index is 11.8. The van der Waals surface area contributed by atoms with E-state index in [9.17, 15) is 29.8 Å². The van der Waals surface area contributed by atoms with Gasteiger partial charge in [-0.25, -0.2) is 19.6 Å². The third-order valence-electron chi connectivity index (χ3n) is 7.85. The first-order chi connectivity index (χ1) is 27.7. The summed E-state index contributed by atoms with van der Waals surface area (Å²) in [5, 5.41) is 36.8. The average Bonchev–Trinajstić information content (AvgIpc) is 3.13. The van der Waals surface area contributed by atoms with Gasteiger partial charge in [-0.15, -0.1) is 0 Å². The van der Waals surface area contributed by atoms with Crippen molar-refractivity contribution in [2.45, 2.75) is 97.7 Å². The molecule has 1 saturated heterocycles. The molecule has 2 atom stereocenters. The number of aromatic nitrogens is 4. The molecule has 1 aliphatic heterocycles. The van der Waals surface area contributed by atoms with Crippen molar-refractivity contribution >= 4 is 64.1 Å². The lowest BCUT2D eigenvalue weighted by Crippen LogP contribution is -2.40. The highest BCUT2D eigenvalue weighted by atomic mass is 35.5.